The van der Waals surface area contributed by atoms with Crippen LogP contribution >= 0.6 is 11.8 Å². The van der Waals surface area contributed by atoms with Crippen molar-refractivity contribution in [3.05, 3.63) is 0 Å². The van der Waals surface area contributed by atoms with Gasteiger partial charge in [0.1, 0.15) is 6.04 Å². The number of rotatable bonds is 7. The quantitative estimate of drug-likeness (QED) is 0.673. The highest BCUT2D eigenvalue weighted by molar-refractivity contribution is 7.99. The molecule has 0 aliphatic heterocycles. The fourth-order valence-electron chi connectivity index (χ4n) is 1.03. The van der Waals surface area contributed by atoms with E-state index in [9.17, 15) is 9.59 Å². The van der Waals surface area contributed by atoms with Gasteiger partial charge in [-0.3, -0.25) is 4.79 Å². The number of amides is 1. The number of thioether (sulfide) groups is 1. The zero-order valence-electron chi connectivity index (χ0n) is 10.8. The molecule has 0 heterocycles. The van der Waals surface area contributed by atoms with Crippen LogP contribution in [0, 0.1) is 0 Å². The second-order valence-corrected chi connectivity index (χ2v) is 5.78. The average Bonchev–Trinajstić information content (AvgIpc) is 2.12. The third-order valence-corrected chi connectivity index (χ3v) is 2.75. The summed E-state index contributed by atoms with van der Waals surface area (Å²) >= 11 is 1.45. The largest absolute Gasteiger partial charge is 0.480 e. The van der Waals surface area contributed by atoms with Gasteiger partial charge in [0, 0.05) is 18.4 Å². The Kier molecular flexibility index (Phi) is 7.22. The summed E-state index contributed by atoms with van der Waals surface area (Å²) in [5.41, 5.74) is -0.176. The molecule has 0 aromatic rings. The molecule has 0 fully saturated rings. The van der Waals surface area contributed by atoms with Crippen LogP contribution in [0.5, 0.6) is 0 Å². The van der Waals surface area contributed by atoms with E-state index in [0.29, 0.717) is 18.1 Å². The van der Waals surface area contributed by atoms with Gasteiger partial charge in [-0.2, -0.15) is 11.8 Å². The predicted octanol–water partition coefficient (Wildman–Crippen LogP) is 1.12. The Morgan fingerprint density at radius 2 is 2.00 bits per heavy atom. The third-order valence-electron chi connectivity index (χ3n) is 1.72. The molecule has 0 spiro atoms. The van der Waals surface area contributed by atoms with Gasteiger partial charge in [0.2, 0.25) is 5.91 Å². The van der Waals surface area contributed by atoms with E-state index in [1.807, 2.05) is 20.8 Å². The van der Waals surface area contributed by atoms with Crippen molar-refractivity contribution in [3.8, 4) is 0 Å². The summed E-state index contributed by atoms with van der Waals surface area (Å²) in [5, 5.41) is 11.2. The second kappa shape index (κ2) is 7.55. The van der Waals surface area contributed by atoms with E-state index in [1.165, 1.54) is 18.7 Å². The second-order valence-electron chi connectivity index (χ2n) is 4.63. The van der Waals surface area contributed by atoms with Gasteiger partial charge < -0.3 is 15.2 Å². The minimum absolute atomic E-state index is 0.176. The summed E-state index contributed by atoms with van der Waals surface area (Å²) in [6.07, 6.45) is 0. The maximum atomic E-state index is 10.8. The van der Waals surface area contributed by atoms with Gasteiger partial charge in [0.15, 0.2) is 0 Å². The molecule has 1 amide bonds. The zero-order valence-corrected chi connectivity index (χ0v) is 11.6. The molecule has 100 valence electrons. The van der Waals surface area contributed by atoms with Gasteiger partial charge in [-0.1, -0.05) is 0 Å². The Balaban J connectivity index is 3.76. The normalized spacial score (nSPS) is 13.2. The van der Waals surface area contributed by atoms with E-state index in [-0.39, 0.29) is 11.5 Å². The van der Waals surface area contributed by atoms with Crippen LogP contribution in [0.1, 0.15) is 27.7 Å². The molecule has 6 heteroatoms. The van der Waals surface area contributed by atoms with Crippen LogP contribution in [0.3, 0.4) is 0 Å². The van der Waals surface area contributed by atoms with Gasteiger partial charge in [0.05, 0.1) is 12.2 Å². The highest BCUT2D eigenvalue weighted by Gasteiger charge is 2.18. The molecule has 0 radical (unpaired) electrons. The first-order chi connectivity index (χ1) is 7.72. The van der Waals surface area contributed by atoms with E-state index in [0.717, 1.165) is 0 Å². The van der Waals surface area contributed by atoms with Crippen LogP contribution in [-0.2, 0) is 14.3 Å². The Bertz CT molecular complexity index is 263. The number of carbonyl (C=O) groups excluding carboxylic acids is 1. The number of carboxylic acid groups (broad SMARTS) is 1. The maximum Gasteiger partial charge on any atom is 0.327 e. The summed E-state index contributed by atoms with van der Waals surface area (Å²) in [6.45, 7) is 7.78. The van der Waals surface area contributed by atoms with Crippen molar-refractivity contribution in [1.29, 1.82) is 0 Å². The molecule has 2 N–H and O–H groups in total. The molecule has 5 nitrogen and oxygen atoms in total. The number of hydrogen-bond donors (Lipinski definition) is 2. The molecule has 0 rings (SSSR count). The van der Waals surface area contributed by atoms with Crippen molar-refractivity contribution in [2.45, 2.75) is 39.3 Å². The number of aliphatic carboxylic acids is 1. The van der Waals surface area contributed by atoms with Crippen molar-refractivity contribution in [3.63, 3.8) is 0 Å². The van der Waals surface area contributed by atoms with E-state index < -0.39 is 12.0 Å². The molecule has 0 saturated heterocycles. The topological polar surface area (TPSA) is 75.6 Å². The van der Waals surface area contributed by atoms with Gasteiger partial charge >= 0.3 is 5.97 Å². The molecule has 1 unspecified atom stereocenters. The third kappa shape index (κ3) is 10.1. The minimum atomic E-state index is -1.01. The molecule has 0 saturated carbocycles. The lowest BCUT2D eigenvalue weighted by atomic mass is 10.2. The molecule has 0 aliphatic rings. The summed E-state index contributed by atoms with van der Waals surface area (Å²) in [6, 6.07) is -0.827. The van der Waals surface area contributed by atoms with Crippen molar-refractivity contribution >= 4 is 23.6 Å². The van der Waals surface area contributed by atoms with Gasteiger partial charge in [-0.25, -0.2) is 4.79 Å². The van der Waals surface area contributed by atoms with Crippen LogP contribution in [0.25, 0.3) is 0 Å². The Hall–Kier alpha value is -0.750. The summed E-state index contributed by atoms with van der Waals surface area (Å²) in [4.78, 5) is 21.6. The lowest BCUT2D eigenvalue weighted by Crippen LogP contribution is -2.41. The fourth-order valence-corrected chi connectivity index (χ4v) is 1.86. The van der Waals surface area contributed by atoms with Gasteiger partial charge in [-0.05, 0) is 20.8 Å². The van der Waals surface area contributed by atoms with Crippen molar-refractivity contribution in [1.82, 2.24) is 5.32 Å². The predicted molar refractivity (Wildman–Crippen MR) is 68.3 cm³/mol. The first kappa shape index (κ1) is 16.2. The minimum Gasteiger partial charge on any atom is -0.480 e. The summed E-state index contributed by atoms with van der Waals surface area (Å²) in [7, 11) is 0. The molecular weight excluding hydrogens is 242 g/mol. The molecule has 0 aliphatic carbocycles. The zero-order chi connectivity index (χ0) is 13.5. The molecular formula is C11H21NO4S. The molecule has 17 heavy (non-hydrogen) atoms. The van der Waals surface area contributed by atoms with Crippen molar-refractivity contribution in [2.75, 3.05) is 18.1 Å². The Labute approximate surface area is 106 Å². The highest BCUT2D eigenvalue weighted by Crippen LogP contribution is 2.09. The van der Waals surface area contributed by atoms with Gasteiger partial charge in [0.25, 0.3) is 0 Å². The summed E-state index contributed by atoms with van der Waals surface area (Å²) in [5.74, 6) is -0.281. The lowest BCUT2D eigenvalue weighted by molar-refractivity contribution is -0.140. The van der Waals surface area contributed by atoms with Gasteiger partial charge in [-0.15, -0.1) is 0 Å². The number of hydrogen-bond acceptors (Lipinski definition) is 4. The first-order valence-electron chi connectivity index (χ1n) is 5.44. The van der Waals surface area contributed by atoms with Crippen LogP contribution in [0.2, 0.25) is 0 Å². The summed E-state index contributed by atoms with van der Waals surface area (Å²) < 4.78 is 5.50. The van der Waals surface area contributed by atoms with E-state index >= 15 is 0 Å². The Morgan fingerprint density at radius 1 is 1.41 bits per heavy atom. The number of ether oxygens (including phenoxy) is 1. The Morgan fingerprint density at radius 3 is 2.41 bits per heavy atom. The average molecular weight is 263 g/mol. The molecule has 0 aromatic carbocycles. The van der Waals surface area contributed by atoms with Crippen molar-refractivity contribution in [2.24, 2.45) is 0 Å². The standard InChI is InChI=1S/C11H21NO4S/c1-8(13)12-9(10(14)15)7-17-6-5-16-11(2,3)4/h9H,5-7H2,1-4H3,(H,12,13)(H,14,15). The number of carbonyl (C=O) groups is 2. The number of carboxylic acids is 1. The smallest absolute Gasteiger partial charge is 0.327 e. The van der Waals surface area contributed by atoms with Crippen LogP contribution in [0.4, 0.5) is 0 Å². The van der Waals surface area contributed by atoms with E-state index in [2.05, 4.69) is 5.32 Å². The van der Waals surface area contributed by atoms with Crippen LogP contribution in [0.15, 0.2) is 0 Å². The van der Waals surface area contributed by atoms with Crippen LogP contribution in [-0.4, -0.2) is 46.7 Å². The lowest BCUT2D eigenvalue weighted by Gasteiger charge is -2.19. The maximum absolute atomic E-state index is 10.8. The molecule has 1 atom stereocenters. The van der Waals surface area contributed by atoms with E-state index in [4.69, 9.17) is 9.84 Å². The highest BCUT2D eigenvalue weighted by atomic mass is 32.2. The monoisotopic (exact) mass is 263 g/mol. The SMILES string of the molecule is CC(=O)NC(CSCCOC(C)(C)C)C(=O)O. The fraction of sp³-hybridized carbons (Fsp3) is 0.818. The molecule has 0 aromatic heterocycles. The van der Waals surface area contributed by atoms with Crippen molar-refractivity contribution < 1.29 is 19.4 Å². The van der Waals surface area contributed by atoms with E-state index in [1.54, 1.807) is 0 Å². The first-order valence-corrected chi connectivity index (χ1v) is 6.59. The number of nitrogens with one attached hydrogen (secondary N) is 1. The van der Waals surface area contributed by atoms with Crippen LogP contribution < -0.4 is 5.32 Å². The molecule has 0 bridgehead atoms.